The van der Waals surface area contributed by atoms with Crippen molar-refractivity contribution in [2.75, 3.05) is 50.9 Å². The van der Waals surface area contributed by atoms with Crippen LogP contribution in [0.3, 0.4) is 0 Å². The zero-order chi connectivity index (χ0) is 61.8. The van der Waals surface area contributed by atoms with E-state index in [0.29, 0.717) is 113 Å². The van der Waals surface area contributed by atoms with Crippen molar-refractivity contribution in [1.82, 2.24) is 25.2 Å². The molecule has 10 N–H and O–H groups in total. The van der Waals surface area contributed by atoms with E-state index in [4.69, 9.17) is 46.1 Å². The number of benzene rings is 5. The Morgan fingerprint density at radius 3 is 1.41 bits per heavy atom. The van der Waals surface area contributed by atoms with Gasteiger partial charge in [0, 0.05) is 121 Å². The fourth-order valence-corrected chi connectivity index (χ4v) is 8.16. The van der Waals surface area contributed by atoms with Crippen LogP contribution >= 0.6 is 23.2 Å². The minimum absolute atomic E-state index is 0.0134. The molecule has 5 aromatic carbocycles. The Morgan fingerprint density at radius 1 is 0.588 bits per heavy atom. The topological polar surface area (TPSA) is 264 Å². The number of amides is 1. The summed E-state index contributed by atoms with van der Waals surface area (Å²) in [5.74, 6) is 19.6. The number of nitrogens with two attached hydrogens (primary N) is 4. The molecule has 8 rings (SSSR count). The number of fused-ring (bicyclic) bond motifs is 2. The predicted octanol–water partition coefficient (Wildman–Crippen LogP) is 10.5. The van der Waals surface area contributed by atoms with E-state index in [1.165, 1.54) is 19.9 Å². The van der Waals surface area contributed by atoms with Gasteiger partial charge in [-0.05, 0) is 133 Å². The normalized spacial score (nSPS) is 10.5. The molecule has 3 heterocycles. The highest BCUT2D eigenvalue weighted by atomic mass is 35.5. The largest absolute Gasteiger partial charge is 0.392 e. The molecule has 8 aromatic rings. The van der Waals surface area contributed by atoms with E-state index in [2.05, 4.69) is 62.4 Å². The SMILES string of the molecule is C=CC(=O)NCCCC(=O)c1ccc(C#Cc2c(N)ncc3ccc(Cl)cc23)cc1.CC(C)=O.CN(C)CC(O)CCC(=O)c1ccc(C#Cc2ccc(N)nc2)cc1.NCCCC(=O)c1ccc(C#Cc2c(N)ncc3ccc(Cl)cc23)cc1. The zero-order valence-corrected chi connectivity index (χ0v) is 49.4. The van der Waals surface area contributed by atoms with Gasteiger partial charge in [0.1, 0.15) is 23.2 Å². The van der Waals surface area contributed by atoms with Crippen LogP contribution in [0.5, 0.6) is 0 Å². The van der Waals surface area contributed by atoms with Gasteiger partial charge in [-0.2, -0.15) is 0 Å². The van der Waals surface area contributed by atoms with Crippen molar-refractivity contribution in [3.8, 4) is 35.5 Å². The third kappa shape index (κ3) is 22.6. The summed E-state index contributed by atoms with van der Waals surface area (Å²) < 4.78 is 0. The lowest BCUT2D eigenvalue weighted by Gasteiger charge is -2.15. The van der Waals surface area contributed by atoms with E-state index in [1.807, 2.05) is 73.6 Å². The van der Waals surface area contributed by atoms with Crippen LogP contribution in [-0.4, -0.2) is 93.8 Å². The van der Waals surface area contributed by atoms with Gasteiger partial charge in [-0.25, -0.2) is 15.0 Å². The predicted molar refractivity (Wildman–Crippen MR) is 342 cm³/mol. The number of rotatable bonds is 16. The van der Waals surface area contributed by atoms with Crippen LogP contribution in [0.4, 0.5) is 17.5 Å². The minimum atomic E-state index is -0.488. The van der Waals surface area contributed by atoms with E-state index in [-0.39, 0.29) is 29.0 Å². The number of carbonyl (C=O) groups is 5. The van der Waals surface area contributed by atoms with Gasteiger partial charge in [0.15, 0.2) is 17.3 Å². The third-order valence-electron chi connectivity index (χ3n) is 12.1. The number of halogens is 2. The molecule has 1 atom stereocenters. The van der Waals surface area contributed by atoms with Crippen molar-refractivity contribution in [2.24, 2.45) is 5.73 Å². The van der Waals surface area contributed by atoms with E-state index in [0.717, 1.165) is 43.8 Å². The molecule has 0 radical (unpaired) electrons. The Bertz CT molecular complexity index is 3820. The Kier molecular flexibility index (Phi) is 26.7. The number of hydrogen-bond donors (Lipinski definition) is 6. The monoisotopic (exact) mass is 1180 g/mol. The molecule has 1 unspecified atom stereocenters. The lowest BCUT2D eigenvalue weighted by atomic mass is 10.0. The van der Waals surface area contributed by atoms with Crippen molar-refractivity contribution in [2.45, 2.75) is 58.5 Å². The maximum absolute atomic E-state index is 12.3. The lowest BCUT2D eigenvalue weighted by Crippen LogP contribution is -2.26. The quantitative estimate of drug-likeness (QED) is 0.0228. The number of Topliss-reactive ketones (excluding diaryl/α,β-unsaturated/α-hetero) is 4. The van der Waals surface area contributed by atoms with Gasteiger partial charge in [-0.15, -0.1) is 0 Å². The number of nitrogens with zero attached hydrogens (tertiary/aromatic N) is 4. The first-order chi connectivity index (χ1) is 40.7. The number of nitrogen functional groups attached to an aromatic ring is 3. The molecule has 3 aromatic heterocycles. The fraction of sp³-hybridized carbons (Fsp3) is 0.206. The second-order valence-electron chi connectivity index (χ2n) is 19.6. The number of pyridine rings is 3. The highest BCUT2D eigenvalue weighted by molar-refractivity contribution is 6.31. The summed E-state index contributed by atoms with van der Waals surface area (Å²) in [5.41, 5.74) is 29.3. The summed E-state index contributed by atoms with van der Waals surface area (Å²) in [4.78, 5) is 71.2. The fourth-order valence-electron chi connectivity index (χ4n) is 7.81. The molecule has 434 valence electrons. The summed E-state index contributed by atoms with van der Waals surface area (Å²) >= 11 is 12.2. The highest BCUT2D eigenvalue weighted by Gasteiger charge is 2.13. The van der Waals surface area contributed by atoms with Crippen LogP contribution in [0.2, 0.25) is 10.0 Å². The standard InChI is InChI=1S/C24H20ClN3O2.C21H18ClN3O.C20H23N3O2.C3H6O/c1-2-23(30)27-13-3-4-22(29)17-8-5-16(6-9-17)7-12-20-21-14-19(25)11-10-18(21)15-28-24(20)26;22-17-9-8-16-13-25-21(24)18(19(16)12-17)10-5-14-3-6-15(7-4-14)20(26)2-1-11-23;1-23(2)14-18(24)10-11-19(25)17-8-5-15(6-9-17)3-4-16-7-12-20(21)22-13-16;1-3(2)4/h2,5-6,8-11,14-15H,1,3-4,13H2,(H2,26,28)(H,27,30);3-4,6-9,12-13H,1-2,11,23H2,(H2,24,25);5-9,12-13,18,24H,10-11,14H2,1-2H3,(H2,21,22);1-2H3. The molecule has 0 aliphatic rings. The van der Waals surface area contributed by atoms with Gasteiger partial charge in [0.05, 0.1) is 17.2 Å². The molecular weight excluding hydrogens is 1110 g/mol. The van der Waals surface area contributed by atoms with Crippen molar-refractivity contribution < 1.29 is 29.1 Å². The van der Waals surface area contributed by atoms with Crippen LogP contribution in [0.15, 0.2) is 153 Å². The van der Waals surface area contributed by atoms with Crippen LogP contribution < -0.4 is 28.3 Å². The molecule has 0 saturated heterocycles. The van der Waals surface area contributed by atoms with E-state index < -0.39 is 6.10 Å². The van der Waals surface area contributed by atoms with Gasteiger partial charge in [-0.1, -0.05) is 114 Å². The molecule has 0 spiro atoms. The first kappa shape index (κ1) is 66.3. The maximum atomic E-state index is 12.3. The number of aliphatic hydroxyl groups is 1. The summed E-state index contributed by atoms with van der Waals surface area (Å²) in [6.45, 7) is 7.94. The molecule has 15 nitrogen and oxygen atoms in total. The van der Waals surface area contributed by atoms with Gasteiger partial charge < -0.3 is 43.1 Å². The van der Waals surface area contributed by atoms with E-state index >= 15 is 0 Å². The van der Waals surface area contributed by atoms with E-state index in [9.17, 15) is 29.1 Å². The number of hydrogen-bond acceptors (Lipinski definition) is 14. The molecular formula is C68H67Cl2N9O6. The van der Waals surface area contributed by atoms with Crippen LogP contribution in [-0.2, 0) is 9.59 Å². The molecule has 0 fully saturated rings. The average Bonchev–Trinajstić information content (AvgIpc) is 3.01. The lowest BCUT2D eigenvalue weighted by molar-refractivity contribution is -0.116. The molecule has 0 saturated carbocycles. The first-order valence-corrected chi connectivity index (χ1v) is 27.7. The third-order valence-corrected chi connectivity index (χ3v) is 12.6. The van der Waals surface area contributed by atoms with Gasteiger partial charge >= 0.3 is 0 Å². The highest BCUT2D eigenvalue weighted by Crippen LogP contribution is 2.26. The second-order valence-corrected chi connectivity index (χ2v) is 20.5. The number of nitrogens with one attached hydrogen (secondary N) is 1. The molecule has 0 aliphatic heterocycles. The van der Waals surface area contributed by atoms with Crippen LogP contribution in [0.1, 0.15) is 117 Å². The number of aliphatic hydroxyl groups excluding tert-OH is 1. The Hall–Kier alpha value is -9.50. The smallest absolute Gasteiger partial charge is 0.243 e. The Labute approximate surface area is 506 Å². The molecule has 0 bridgehead atoms. The number of ketones is 4. The van der Waals surface area contributed by atoms with Crippen molar-refractivity contribution in [1.29, 1.82) is 0 Å². The second kappa shape index (κ2) is 34.2. The Balaban J connectivity index is 0.000000226. The van der Waals surface area contributed by atoms with Gasteiger partial charge in [0.2, 0.25) is 5.91 Å². The number of aromatic nitrogens is 3. The molecule has 0 aliphatic carbocycles. The van der Waals surface area contributed by atoms with Crippen LogP contribution in [0.25, 0.3) is 21.5 Å². The minimum Gasteiger partial charge on any atom is -0.392 e. The first-order valence-electron chi connectivity index (χ1n) is 27.0. The van der Waals surface area contributed by atoms with Gasteiger partial charge in [0.25, 0.3) is 0 Å². The maximum Gasteiger partial charge on any atom is 0.243 e. The number of anilines is 3. The molecule has 85 heavy (non-hydrogen) atoms. The summed E-state index contributed by atoms with van der Waals surface area (Å²) in [6, 6.07) is 36.0. The number of likely N-dealkylation sites (N-methyl/N-ethyl adjacent to an activating group) is 1. The Morgan fingerprint density at radius 2 is 1.00 bits per heavy atom. The summed E-state index contributed by atoms with van der Waals surface area (Å²) in [5, 5.41) is 17.2. The summed E-state index contributed by atoms with van der Waals surface area (Å²) in [6.07, 6.45) is 8.59. The van der Waals surface area contributed by atoms with Gasteiger partial charge in [-0.3, -0.25) is 19.2 Å². The van der Waals surface area contributed by atoms with Crippen molar-refractivity contribution >= 4 is 91.2 Å². The average molecular weight is 1180 g/mol. The van der Waals surface area contributed by atoms with E-state index in [1.54, 1.807) is 85.3 Å². The molecule has 1 amide bonds. The zero-order valence-electron chi connectivity index (χ0n) is 47.8. The number of carbonyl (C=O) groups excluding carboxylic acids is 5. The van der Waals surface area contributed by atoms with Crippen molar-refractivity contribution in [3.05, 3.63) is 213 Å². The summed E-state index contributed by atoms with van der Waals surface area (Å²) in [7, 11) is 3.79. The van der Waals surface area contributed by atoms with Crippen LogP contribution in [0, 0.1) is 35.5 Å². The van der Waals surface area contributed by atoms with Crippen molar-refractivity contribution in [3.63, 3.8) is 0 Å². The molecule has 17 heteroatoms.